The summed E-state index contributed by atoms with van der Waals surface area (Å²) in [6, 6.07) is 8.90. The van der Waals surface area contributed by atoms with E-state index in [1.807, 2.05) is 67.5 Å². The van der Waals surface area contributed by atoms with Crippen LogP contribution < -0.4 is 0 Å². The summed E-state index contributed by atoms with van der Waals surface area (Å²) in [4.78, 5) is 14.6. The highest BCUT2D eigenvalue weighted by Crippen LogP contribution is 2.56. The molecule has 3 saturated heterocycles. The van der Waals surface area contributed by atoms with E-state index in [-0.39, 0.29) is 42.5 Å². The first-order chi connectivity index (χ1) is 29.8. The molecule has 0 saturated carbocycles. The van der Waals surface area contributed by atoms with E-state index in [1.165, 1.54) is 0 Å². The van der Waals surface area contributed by atoms with Crippen molar-refractivity contribution in [2.24, 2.45) is 16.7 Å². The van der Waals surface area contributed by atoms with Crippen molar-refractivity contribution in [3.8, 4) is 0 Å². The number of benzene rings is 1. The van der Waals surface area contributed by atoms with Crippen molar-refractivity contribution < 1.29 is 63.1 Å². The Morgan fingerprint density at radius 1 is 1.05 bits per heavy atom. The number of allylic oxidation sites excluding steroid dienone is 2. The van der Waals surface area contributed by atoms with Crippen molar-refractivity contribution in [2.75, 3.05) is 31.3 Å². The third-order valence-corrected chi connectivity index (χ3v) is 18.0. The maximum atomic E-state index is 13.6. The molecule has 0 amide bonds. The molecule has 0 radical (unpaired) electrons. The molecular formula is C45H72O13S5. The zero-order valence-electron chi connectivity index (χ0n) is 38.2. The van der Waals surface area contributed by atoms with Crippen LogP contribution in [0.3, 0.4) is 0 Å². The molecule has 1 aromatic rings. The Hall–Kier alpha value is -0.520. The van der Waals surface area contributed by atoms with Gasteiger partial charge in [-0.3, -0.25) is 4.79 Å². The van der Waals surface area contributed by atoms with E-state index in [2.05, 4.69) is 13.5 Å². The number of carbonyl (C=O) groups excluding carboxylic acids is 1. The molecule has 0 bridgehead atoms. The largest absolute Gasteiger partial charge is 0.465 e. The van der Waals surface area contributed by atoms with Gasteiger partial charge in [-0.2, -0.15) is 12.6 Å². The number of ether oxygens (including phenoxy) is 8. The third-order valence-electron chi connectivity index (χ3n) is 12.2. The zero-order chi connectivity index (χ0) is 46.5. The monoisotopic (exact) mass is 980 g/mol. The second kappa shape index (κ2) is 25.7. The molecule has 3 aliphatic heterocycles. The summed E-state index contributed by atoms with van der Waals surface area (Å²) in [5, 5.41) is 46.4. The zero-order valence-corrected chi connectivity index (χ0v) is 42.3. The van der Waals surface area contributed by atoms with Gasteiger partial charge in [-0.05, 0) is 44.8 Å². The summed E-state index contributed by atoms with van der Waals surface area (Å²) in [6.45, 7) is 21.9. The van der Waals surface area contributed by atoms with Crippen LogP contribution >= 0.6 is 57.7 Å². The third kappa shape index (κ3) is 15.5. The lowest BCUT2D eigenvalue weighted by Crippen LogP contribution is -2.60. The second-order valence-electron chi connectivity index (χ2n) is 17.5. The van der Waals surface area contributed by atoms with E-state index >= 15 is 0 Å². The number of aliphatic hydroxyl groups is 4. The first kappa shape index (κ1) is 55.1. The Balaban J connectivity index is 1.58. The minimum Gasteiger partial charge on any atom is -0.465 e. The fourth-order valence-corrected chi connectivity index (χ4v) is 13.5. The Morgan fingerprint density at radius 2 is 1.76 bits per heavy atom. The topological polar surface area (TPSA) is 172 Å². The van der Waals surface area contributed by atoms with Crippen molar-refractivity contribution in [3.05, 3.63) is 59.5 Å². The first-order valence-corrected chi connectivity index (χ1v) is 26.5. The molecule has 18 heteroatoms. The molecule has 14 unspecified atom stereocenters. The van der Waals surface area contributed by atoms with Crippen molar-refractivity contribution >= 4 is 63.7 Å². The second-order valence-corrected chi connectivity index (χ2v) is 24.6. The van der Waals surface area contributed by atoms with Crippen LogP contribution in [0.2, 0.25) is 0 Å². The van der Waals surface area contributed by atoms with Crippen LogP contribution in [0, 0.1) is 16.7 Å². The van der Waals surface area contributed by atoms with Gasteiger partial charge >= 0.3 is 5.97 Å². The van der Waals surface area contributed by atoms with Crippen LogP contribution in [0.1, 0.15) is 99.9 Å². The van der Waals surface area contributed by atoms with Gasteiger partial charge in [0, 0.05) is 39.2 Å². The molecule has 3 fully saturated rings. The molecule has 3 aliphatic rings. The van der Waals surface area contributed by atoms with Crippen molar-refractivity contribution in [1.82, 2.24) is 0 Å². The van der Waals surface area contributed by atoms with E-state index in [4.69, 9.17) is 50.5 Å². The van der Waals surface area contributed by atoms with Crippen LogP contribution in [-0.4, -0.2) is 128 Å². The van der Waals surface area contributed by atoms with Crippen LogP contribution in [0.5, 0.6) is 0 Å². The predicted octanol–water partition coefficient (Wildman–Crippen LogP) is 8.07. The first-order valence-electron chi connectivity index (χ1n) is 21.8. The van der Waals surface area contributed by atoms with Gasteiger partial charge in [0.2, 0.25) is 0 Å². The lowest BCUT2D eigenvalue weighted by atomic mass is 9.63. The number of fused-ring (bicyclic) bond motifs is 1. The number of carbonyl (C=O) groups is 1. The number of hydrogen-bond donors (Lipinski definition) is 5. The van der Waals surface area contributed by atoms with Crippen molar-refractivity contribution in [1.29, 1.82) is 0 Å². The number of aliphatic hydroxyl groups excluding tert-OH is 4. The number of rotatable bonds is 25. The van der Waals surface area contributed by atoms with E-state index in [0.29, 0.717) is 24.2 Å². The van der Waals surface area contributed by atoms with Crippen LogP contribution in [0.25, 0.3) is 0 Å². The average Bonchev–Trinajstić information content (AvgIpc) is 3.24. The maximum Gasteiger partial charge on any atom is 0.309 e. The minimum absolute atomic E-state index is 0.0210. The lowest BCUT2D eigenvalue weighted by molar-refractivity contribution is -0.384. The highest BCUT2D eigenvalue weighted by Gasteiger charge is 2.55. The van der Waals surface area contributed by atoms with Gasteiger partial charge in [0.15, 0.2) is 31.5 Å². The lowest BCUT2D eigenvalue weighted by Gasteiger charge is -2.52. The van der Waals surface area contributed by atoms with Gasteiger partial charge in [0.05, 0.1) is 41.4 Å². The van der Waals surface area contributed by atoms with Crippen molar-refractivity contribution in [2.45, 2.75) is 165 Å². The normalized spacial score (nSPS) is 30.1. The average molecular weight is 981 g/mol. The molecule has 0 spiro atoms. The van der Waals surface area contributed by atoms with Gasteiger partial charge in [-0.1, -0.05) is 112 Å². The summed E-state index contributed by atoms with van der Waals surface area (Å²) in [6.07, 6.45) is -6.32. The number of thioether (sulfide) groups is 2. The van der Waals surface area contributed by atoms with Gasteiger partial charge in [0.25, 0.3) is 0 Å². The van der Waals surface area contributed by atoms with E-state index in [1.54, 1.807) is 75.5 Å². The van der Waals surface area contributed by atoms with Gasteiger partial charge in [-0.25, -0.2) is 0 Å². The minimum atomic E-state index is -1.54. The number of thiol groups is 1. The molecule has 360 valence electrons. The molecule has 0 aromatic heterocycles. The maximum absolute atomic E-state index is 13.6. The fraction of sp³-hybridized carbons (Fsp3) is 0.756. The molecule has 4 rings (SSSR count). The van der Waals surface area contributed by atoms with Crippen LogP contribution in [0.15, 0.2) is 54.0 Å². The van der Waals surface area contributed by atoms with E-state index < -0.39 is 89.6 Å². The Kier molecular flexibility index (Phi) is 22.5. The van der Waals surface area contributed by atoms with Crippen molar-refractivity contribution in [3.63, 3.8) is 0 Å². The summed E-state index contributed by atoms with van der Waals surface area (Å²) in [5.74, 6) is 0.521. The molecule has 4 N–H and O–H groups in total. The van der Waals surface area contributed by atoms with Gasteiger partial charge < -0.3 is 58.3 Å². The summed E-state index contributed by atoms with van der Waals surface area (Å²) in [5.41, 5.74) is -1.25. The molecule has 14 atom stereocenters. The number of hydrogen-bond acceptors (Lipinski definition) is 18. The van der Waals surface area contributed by atoms with E-state index in [0.717, 1.165) is 10.7 Å². The molecule has 0 aliphatic carbocycles. The summed E-state index contributed by atoms with van der Waals surface area (Å²) >= 11 is 8.11. The molecule has 63 heavy (non-hydrogen) atoms. The molecule has 1 aromatic carbocycles. The Labute approximate surface area is 397 Å². The molecule has 3 heterocycles. The molecule has 13 nitrogen and oxygen atoms in total. The molecular weight excluding hydrogens is 909 g/mol. The summed E-state index contributed by atoms with van der Waals surface area (Å²) in [7, 11) is 3.16. The highest BCUT2D eigenvalue weighted by atomic mass is 33.1. The van der Waals surface area contributed by atoms with Crippen LogP contribution in [0.4, 0.5) is 0 Å². The Bertz CT molecular complexity index is 1570. The SMILES string of the molecule is C=CC(=CC)SSCCOC(=O)C(C)C(C)(C)CC(C)(C(O)OC1C(O)CC(COC(O)c2ccccc2)OC1OC1CC(O)C2OC(CC)OCC2O1)C(C)(C)SC(S)SCC. The van der Waals surface area contributed by atoms with Gasteiger partial charge in [0.1, 0.15) is 24.9 Å². The standard InChI is InChI=1S/C45H72O13S5/c1-11-30(12-2)63-61-21-20-51-38(48)27(5)43(6,7)26-45(10,44(8,9)62-42(59)60-14-4)41(50)58-37-31(46)22-29(24-53-39(49)28-18-16-15-17-19-28)54-40(37)57-35-23-32(47)36-33(55-35)25-52-34(13-3)56-36/h11-12,15-19,27,29,31-37,39-42,46-47,49-50,59H,1,13-14,20-26H2,2-10H3. The summed E-state index contributed by atoms with van der Waals surface area (Å²) < 4.78 is 48.1. The Morgan fingerprint density at radius 3 is 2.41 bits per heavy atom. The quantitative estimate of drug-likeness (QED) is 0.0159. The predicted molar refractivity (Wildman–Crippen MR) is 256 cm³/mol. The highest BCUT2D eigenvalue weighted by molar-refractivity contribution is 8.78. The van der Waals surface area contributed by atoms with Gasteiger partial charge in [-0.15, -0.1) is 23.5 Å². The smallest absolute Gasteiger partial charge is 0.309 e. The fourth-order valence-electron chi connectivity index (χ4n) is 7.77. The van der Waals surface area contributed by atoms with E-state index in [9.17, 15) is 25.2 Å². The van der Waals surface area contributed by atoms with Crippen LogP contribution in [-0.2, 0) is 42.7 Å². The number of esters is 1.